The second-order valence-corrected chi connectivity index (χ2v) is 10.9. The average molecular weight is 656 g/mol. The smallest absolute Gasteiger partial charge is 0.254 e. The van der Waals surface area contributed by atoms with Crippen LogP contribution in [0.5, 0.6) is 5.75 Å². The average Bonchev–Trinajstić information content (AvgIpc) is 3.41. The highest BCUT2D eigenvalue weighted by Crippen LogP contribution is 2.52. The normalized spacial score (nSPS) is 26.4. The number of ether oxygens (including phenoxy) is 1. The first kappa shape index (κ1) is 21.3. The van der Waals surface area contributed by atoms with E-state index in [0.29, 0.717) is 6.61 Å². The molecule has 2 aliphatic carbocycles. The maximum atomic E-state index is 12.7. The second kappa shape index (κ2) is 8.44. The van der Waals surface area contributed by atoms with Gasteiger partial charge in [0.15, 0.2) is 0 Å². The van der Waals surface area contributed by atoms with Crippen LogP contribution in [-0.4, -0.2) is 23.0 Å². The second-order valence-electron chi connectivity index (χ2n) is 7.95. The van der Waals surface area contributed by atoms with Crippen LogP contribution in [0.25, 0.3) is 0 Å². The number of rotatable bonds is 5. The molecule has 1 aliphatic heterocycles. The van der Waals surface area contributed by atoms with Gasteiger partial charge in [-0.25, -0.2) is 0 Å². The molecule has 3 aliphatic rings. The van der Waals surface area contributed by atoms with Gasteiger partial charge in [-0.15, -0.1) is 0 Å². The zero-order valence-electron chi connectivity index (χ0n) is 16.2. The van der Waals surface area contributed by atoms with E-state index in [2.05, 4.69) is 71.7 Å². The van der Waals surface area contributed by atoms with Crippen molar-refractivity contribution in [1.82, 2.24) is 5.01 Å². The third-order valence-corrected chi connectivity index (χ3v) is 8.20. The van der Waals surface area contributed by atoms with Gasteiger partial charge in [0.1, 0.15) is 12.4 Å². The highest BCUT2D eigenvalue weighted by molar-refractivity contribution is 14.1. The van der Waals surface area contributed by atoms with Crippen LogP contribution in [0.1, 0.15) is 17.5 Å². The number of imide groups is 1. The van der Waals surface area contributed by atoms with E-state index in [9.17, 15) is 9.59 Å². The number of benzene rings is 2. The first-order valence-corrected chi connectivity index (χ1v) is 12.6. The monoisotopic (exact) mass is 654 g/mol. The van der Waals surface area contributed by atoms with Gasteiger partial charge in [0.25, 0.3) is 11.8 Å². The fourth-order valence-corrected chi connectivity index (χ4v) is 6.49. The summed E-state index contributed by atoms with van der Waals surface area (Å²) in [4.78, 5) is 25.5. The summed E-state index contributed by atoms with van der Waals surface area (Å²) in [7, 11) is 0. The Morgan fingerprint density at radius 3 is 2.42 bits per heavy atom. The fourth-order valence-electron chi connectivity index (χ4n) is 4.63. The lowest BCUT2D eigenvalue weighted by molar-refractivity contribution is -0.140. The topological polar surface area (TPSA) is 59.0 Å². The standard InChI is InChI=1S/C23H17Br2IN2O3/c24-16-5-4-15(17(25)9-16)11-31-19-6-1-12(7-18(19)26)10-27-28-22(29)20-13-2-3-14(8-13)21(20)23(28)30/h1-7,9-10,13-14,20-21H,8,11H2/t13-,14-,20-,21+/m0/s1. The van der Waals surface area contributed by atoms with Crippen molar-refractivity contribution in [3.8, 4) is 5.75 Å². The van der Waals surface area contributed by atoms with Crippen LogP contribution in [-0.2, 0) is 16.2 Å². The summed E-state index contributed by atoms with van der Waals surface area (Å²) in [5, 5.41) is 5.32. The number of allylic oxidation sites excluding steroid dienone is 2. The molecule has 0 aromatic heterocycles. The third-order valence-electron chi connectivity index (χ3n) is 6.12. The molecule has 2 amide bonds. The van der Waals surface area contributed by atoms with Crippen LogP contribution < -0.4 is 4.74 Å². The van der Waals surface area contributed by atoms with E-state index in [4.69, 9.17) is 4.74 Å². The molecular formula is C23H17Br2IN2O3. The van der Waals surface area contributed by atoms with Gasteiger partial charge in [-0.1, -0.05) is 50.1 Å². The Morgan fingerprint density at radius 1 is 1.06 bits per heavy atom. The van der Waals surface area contributed by atoms with E-state index in [1.165, 1.54) is 0 Å². The quantitative estimate of drug-likeness (QED) is 0.184. The van der Waals surface area contributed by atoms with Gasteiger partial charge < -0.3 is 4.74 Å². The predicted molar refractivity (Wildman–Crippen MR) is 132 cm³/mol. The molecule has 2 aromatic carbocycles. The van der Waals surface area contributed by atoms with Crippen LogP contribution in [0.2, 0.25) is 0 Å². The Morgan fingerprint density at radius 2 is 1.77 bits per heavy atom. The Bertz CT molecular complexity index is 1120. The van der Waals surface area contributed by atoms with Crippen molar-refractivity contribution in [2.24, 2.45) is 28.8 Å². The van der Waals surface area contributed by atoms with E-state index >= 15 is 0 Å². The van der Waals surface area contributed by atoms with Crippen molar-refractivity contribution in [3.63, 3.8) is 0 Å². The van der Waals surface area contributed by atoms with Gasteiger partial charge in [-0.3, -0.25) is 9.59 Å². The molecule has 2 aromatic rings. The number of hydrogen-bond donors (Lipinski definition) is 0. The van der Waals surface area contributed by atoms with Crippen molar-refractivity contribution in [3.05, 3.63) is 72.2 Å². The molecule has 2 bridgehead atoms. The minimum Gasteiger partial charge on any atom is -0.488 e. The number of amides is 2. The first-order valence-electron chi connectivity index (χ1n) is 9.89. The molecule has 5 nitrogen and oxygen atoms in total. The number of halogens is 3. The highest BCUT2D eigenvalue weighted by Gasteiger charge is 2.59. The molecule has 5 rings (SSSR count). The minimum atomic E-state index is -0.228. The van der Waals surface area contributed by atoms with E-state index in [-0.39, 0.29) is 35.5 Å². The SMILES string of the molecule is O=C1[C@@H]2[C@H](C(=O)N1N=Cc1ccc(OCc3ccc(Br)cc3Br)c(I)c1)[C@H]1C=C[C@H]2C1. The number of hydrazone groups is 1. The summed E-state index contributed by atoms with van der Waals surface area (Å²) in [6.45, 7) is 0.438. The summed E-state index contributed by atoms with van der Waals surface area (Å²) < 4.78 is 8.88. The van der Waals surface area contributed by atoms with Crippen molar-refractivity contribution >= 4 is 72.5 Å². The van der Waals surface area contributed by atoms with Gasteiger partial charge in [-0.05, 0) is 76.7 Å². The van der Waals surface area contributed by atoms with Crippen LogP contribution in [0.15, 0.2) is 62.6 Å². The van der Waals surface area contributed by atoms with Gasteiger partial charge in [0, 0.05) is 14.5 Å². The molecule has 4 atom stereocenters. The molecule has 31 heavy (non-hydrogen) atoms. The zero-order valence-corrected chi connectivity index (χ0v) is 21.5. The first-order chi connectivity index (χ1) is 14.9. The molecule has 0 radical (unpaired) electrons. The Kier molecular flexibility index (Phi) is 5.81. The van der Waals surface area contributed by atoms with E-state index < -0.39 is 0 Å². The predicted octanol–water partition coefficient (Wildman–Crippen LogP) is 5.54. The molecule has 8 heteroatoms. The number of nitrogens with zero attached hydrogens (tertiary/aromatic N) is 2. The van der Waals surface area contributed by atoms with Gasteiger partial charge in [0.2, 0.25) is 0 Å². The van der Waals surface area contributed by atoms with E-state index in [0.717, 1.165) is 40.8 Å². The molecule has 1 saturated carbocycles. The van der Waals surface area contributed by atoms with Gasteiger partial charge >= 0.3 is 0 Å². The van der Waals surface area contributed by atoms with Gasteiger partial charge in [0.05, 0.1) is 21.6 Å². The van der Waals surface area contributed by atoms with Gasteiger partial charge in [-0.2, -0.15) is 10.1 Å². The fraction of sp³-hybridized carbons (Fsp3) is 0.261. The number of carbonyl (C=O) groups excluding carboxylic acids is 2. The summed E-state index contributed by atoms with van der Waals surface area (Å²) in [5.74, 6) is 0.348. The molecule has 0 unspecified atom stereocenters. The number of fused-ring (bicyclic) bond motifs is 5. The van der Waals surface area contributed by atoms with Crippen molar-refractivity contribution in [2.75, 3.05) is 0 Å². The Hall–Kier alpha value is -1.52. The minimum absolute atomic E-state index is 0.169. The number of carbonyl (C=O) groups is 2. The zero-order chi connectivity index (χ0) is 21.7. The molecule has 0 N–H and O–H groups in total. The van der Waals surface area contributed by atoms with E-state index in [1.54, 1.807) is 6.21 Å². The number of hydrogen-bond acceptors (Lipinski definition) is 4. The van der Waals surface area contributed by atoms with Crippen molar-refractivity contribution in [1.29, 1.82) is 0 Å². The maximum absolute atomic E-state index is 12.7. The summed E-state index contributed by atoms with van der Waals surface area (Å²) >= 11 is 9.21. The van der Waals surface area contributed by atoms with Crippen molar-refractivity contribution < 1.29 is 14.3 Å². The third kappa shape index (κ3) is 3.91. The largest absolute Gasteiger partial charge is 0.488 e. The van der Waals surface area contributed by atoms with Crippen LogP contribution >= 0.6 is 54.5 Å². The molecule has 0 spiro atoms. The molecule has 1 saturated heterocycles. The van der Waals surface area contributed by atoms with Crippen molar-refractivity contribution in [2.45, 2.75) is 13.0 Å². The summed E-state index contributed by atoms with van der Waals surface area (Å²) in [5.41, 5.74) is 1.85. The summed E-state index contributed by atoms with van der Waals surface area (Å²) in [6.07, 6.45) is 6.65. The lowest BCUT2D eigenvalue weighted by atomic mass is 9.85. The maximum Gasteiger partial charge on any atom is 0.254 e. The lowest BCUT2D eigenvalue weighted by Gasteiger charge is -2.13. The van der Waals surface area contributed by atoms with Crippen LogP contribution in [0.3, 0.4) is 0 Å². The van der Waals surface area contributed by atoms with E-state index in [1.807, 2.05) is 36.4 Å². The lowest BCUT2D eigenvalue weighted by Crippen LogP contribution is -2.28. The molecular weight excluding hydrogens is 639 g/mol. The Balaban J connectivity index is 1.27. The Labute approximate surface area is 210 Å². The molecule has 1 heterocycles. The highest BCUT2D eigenvalue weighted by atomic mass is 127. The molecule has 2 fully saturated rings. The van der Waals surface area contributed by atoms with Crippen LogP contribution in [0, 0.1) is 27.2 Å². The van der Waals surface area contributed by atoms with Crippen LogP contribution in [0.4, 0.5) is 0 Å². The molecule has 158 valence electrons. The summed E-state index contributed by atoms with van der Waals surface area (Å²) in [6, 6.07) is 11.6.